The van der Waals surface area contributed by atoms with Gasteiger partial charge >= 0.3 is 16.4 Å². The van der Waals surface area contributed by atoms with Gasteiger partial charge < -0.3 is 10.2 Å². The Bertz CT molecular complexity index is 471. The normalized spacial score (nSPS) is 13.1. The van der Waals surface area contributed by atoms with Crippen molar-refractivity contribution in [1.29, 1.82) is 0 Å². The SMILES string of the molecule is O=C(O)N(C(O)c1ccccc1)S(=O)(=O)O. The molecule has 0 saturated heterocycles. The van der Waals surface area contributed by atoms with Crippen LogP contribution < -0.4 is 0 Å². The van der Waals surface area contributed by atoms with Gasteiger partial charge in [-0.1, -0.05) is 30.3 Å². The highest BCUT2D eigenvalue weighted by atomic mass is 32.2. The third kappa shape index (κ3) is 2.69. The number of hydrogen-bond donors (Lipinski definition) is 3. The number of aliphatic hydroxyl groups excluding tert-OH is 1. The molecule has 0 fully saturated rings. The van der Waals surface area contributed by atoms with Gasteiger partial charge in [0.25, 0.3) is 0 Å². The Kier molecular flexibility index (Phi) is 3.48. The Morgan fingerprint density at radius 1 is 1.25 bits per heavy atom. The smallest absolute Gasteiger partial charge is 0.425 e. The van der Waals surface area contributed by atoms with Gasteiger partial charge in [0.15, 0.2) is 6.23 Å². The molecule has 7 nitrogen and oxygen atoms in total. The number of amides is 1. The van der Waals surface area contributed by atoms with Crippen molar-refractivity contribution in [3.8, 4) is 0 Å². The number of aliphatic hydroxyl groups is 1. The first-order valence-corrected chi connectivity index (χ1v) is 5.46. The predicted octanol–water partition coefficient (Wildman–Crippen LogP) is 0.460. The zero-order valence-corrected chi connectivity index (χ0v) is 8.70. The molecule has 1 aromatic carbocycles. The van der Waals surface area contributed by atoms with Crippen LogP contribution in [0.5, 0.6) is 0 Å². The molecule has 1 atom stereocenters. The summed E-state index contributed by atoms with van der Waals surface area (Å²) in [6.45, 7) is 0. The number of carbonyl (C=O) groups is 1. The van der Waals surface area contributed by atoms with Gasteiger partial charge in [0.1, 0.15) is 0 Å². The van der Waals surface area contributed by atoms with Crippen molar-refractivity contribution in [1.82, 2.24) is 4.31 Å². The molecule has 1 amide bonds. The molecule has 0 radical (unpaired) electrons. The quantitative estimate of drug-likeness (QED) is 0.528. The molecule has 0 saturated carbocycles. The van der Waals surface area contributed by atoms with E-state index in [0.717, 1.165) is 0 Å². The standard InChI is InChI=1S/C8H9NO6S/c10-7(6-4-2-1-3-5-6)9(8(11)12)16(13,14)15/h1-5,7,10H,(H,11,12)(H,13,14,15). The Balaban J connectivity index is 3.12. The monoisotopic (exact) mass is 247 g/mol. The van der Waals surface area contributed by atoms with Gasteiger partial charge in [0.05, 0.1) is 0 Å². The lowest BCUT2D eigenvalue weighted by Gasteiger charge is -2.21. The van der Waals surface area contributed by atoms with Crippen molar-refractivity contribution >= 4 is 16.4 Å². The van der Waals surface area contributed by atoms with Crippen LogP contribution in [-0.4, -0.2) is 33.6 Å². The van der Waals surface area contributed by atoms with Gasteiger partial charge in [-0.3, -0.25) is 4.55 Å². The molecule has 0 spiro atoms. The first kappa shape index (κ1) is 12.4. The first-order chi connectivity index (χ1) is 7.34. The zero-order chi connectivity index (χ0) is 12.3. The number of rotatable bonds is 3. The number of hydrogen-bond acceptors (Lipinski definition) is 4. The lowest BCUT2D eigenvalue weighted by molar-refractivity contribution is 0.0549. The van der Waals surface area contributed by atoms with Crippen molar-refractivity contribution in [3.05, 3.63) is 35.9 Å². The Morgan fingerprint density at radius 2 is 1.75 bits per heavy atom. The van der Waals surface area contributed by atoms with E-state index in [0.29, 0.717) is 0 Å². The second-order valence-corrected chi connectivity index (χ2v) is 4.13. The molecule has 8 heteroatoms. The van der Waals surface area contributed by atoms with Gasteiger partial charge in [-0.05, 0) is 0 Å². The van der Waals surface area contributed by atoms with E-state index in [1.807, 2.05) is 0 Å². The minimum absolute atomic E-state index is 0.0301. The minimum atomic E-state index is -5.03. The Hall–Kier alpha value is -1.64. The molecule has 88 valence electrons. The van der Waals surface area contributed by atoms with Gasteiger partial charge in [0, 0.05) is 5.56 Å². The van der Waals surface area contributed by atoms with Gasteiger partial charge in [-0.2, -0.15) is 8.42 Å². The van der Waals surface area contributed by atoms with Gasteiger partial charge in [-0.25, -0.2) is 4.79 Å². The Morgan fingerprint density at radius 3 is 2.12 bits per heavy atom. The van der Waals surface area contributed by atoms with Crippen LogP contribution in [0.15, 0.2) is 30.3 Å². The highest BCUT2D eigenvalue weighted by molar-refractivity contribution is 7.83. The molecular weight excluding hydrogens is 238 g/mol. The third-order valence-corrected chi connectivity index (χ3v) is 2.61. The molecular formula is C8H9NO6S. The summed E-state index contributed by atoms with van der Waals surface area (Å²) in [5, 5.41) is 18.1. The molecule has 1 aromatic rings. The zero-order valence-electron chi connectivity index (χ0n) is 7.89. The van der Waals surface area contributed by atoms with Crippen LogP contribution in [0.3, 0.4) is 0 Å². The van der Waals surface area contributed by atoms with Crippen molar-refractivity contribution in [2.24, 2.45) is 0 Å². The number of carboxylic acid groups (broad SMARTS) is 1. The van der Waals surface area contributed by atoms with E-state index >= 15 is 0 Å². The van der Waals surface area contributed by atoms with Gasteiger partial charge in [-0.15, -0.1) is 4.31 Å². The summed E-state index contributed by atoms with van der Waals surface area (Å²) >= 11 is 0. The second-order valence-electron chi connectivity index (χ2n) is 2.84. The van der Waals surface area contributed by atoms with Crippen LogP contribution in [0.4, 0.5) is 4.79 Å². The van der Waals surface area contributed by atoms with Crippen LogP contribution in [0.25, 0.3) is 0 Å². The van der Waals surface area contributed by atoms with Crippen LogP contribution in [0, 0.1) is 0 Å². The summed E-state index contributed by atoms with van der Waals surface area (Å²) < 4.78 is 29.7. The summed E-state index contributed by atoms with van der Waals surface area (Å²) in [6, 6.07) is 7.23. The molecule has 16 heavy (non-hydrogen) atoms. The molecule has 3 N–H and O–H groups in total. The fourth-order valence-corrected chi connectivity index (χ4v) is 1.66. The summed E-state index contributed by atoms with van der Waals surface area (Å²) in [7, 11) is -5.03. The largest absolute Gasteiger partial charge is 0.464 e. The fourth-order valence-electron chi connectivity index (χ4n) is 1.09. The highest BCUT2D eigenvalue weighted by Crippen LogP contribution is 2.19. The Labute approximate surface area is 91.4 Å². The van der Waals surface area contributed by atoms with E-state index < -0.39 is 26.9 Å². The number of benzene rings is 1. The van der Waals surface area contributed by atoms with Crippen LogP contribution >= 0.6 is 0 Å². The topological polar surface area (TPSA) is 115 Å². The average molecular weight is 247 g/mol. The lowest BCUT2D eigenvalue weighted by atomic mass is 10.2. The van der Waals surface area contributed by atoms with Crippen molar-refractivity contribution in [3.63, 3.8) is 0 Å². The maximum absolute atomic E-state index is 10.7. The molecule has 0 bridgehead atoms. The summed E-state index contributed by atoms with van der Waals surface area (Å²) in [4.78, 5) is 10.6. The van der Waals surface area contributed by atoms with Crippen molar-refractivity contribution < 1.29 is 28.0 Å². The maximum Gasteiger partial charge on any atom is 0.425 e. The molecule has 0 aliphatic rings. The number of nitrogens with zero attached hydrogens (tertiary/aromatic N) is 1. The molecule has 0 aliphatic heterocycles. The van der Waals surface area contributed by atoms with E-state index in [-0.39, 0.29) is 5.56 Å². The molecule has 1 unspecified atom stereocenters. The molecule has 1 rings (SSSR count). The third-order valence-electron chi connectivity index (χ3n) is 1.76. The summed E-state index contributed by atoms with van der Waals surface area (Å²) in [5.41, 5.74) is 0.0301. The fraction of sp³-hybridized carbons (Fsp3) is 0.125. The van der Waals surface area contributed by atoms with Crippen LogP contribution in [-0.2, 0) is 10.3 Å². The van der Waals surface area contributed by atoms with E-state index in [4.69, 9.17) is 9.66 Å². The first-order valence-electron chi connectivity index (χ1n) is 4.07. The summed E-state index contributed by atoms with van der Waals surface area (Å²) in [6.07, 6.45) is -3.95. The summed E-state index contributed by atoms with van der Waals surface area (Å²) in [5.74, 6) is 0. The van der Waals surface area contributed by atoms with Crippen LogP contribution in [0.2, 0.25) is 0 Å². The maximum atomic E-state index is 10.7. The van der Waals surface area contributed by atoms with Crippen LogP contribution in [0.1, 0.15) is 11.8 Å². The van der Waals surface area contributed by atoms with E-state index in [9.17, 15) is 18.3 Å². The van der Waals surface area contributed by atoms with E-state index in [1.165, 1.54) is 24.3 Å². The second kappa shape index (κ2) is 4.47. The molecule has 0 heterocycles. The predicted molar refractivity (Wildman–Crippen MR) is 52.8 cm³/mol. The average Bonchev–Trinajstić information content (AvgIpc) is 2.16. The lowest BCUT2D eigenvalue weighted by Crippen LogP contribution is -2.38. The van der Waals surface area contributed by atoms with Gasteiger partial charge in [0.2, 0.25) is 0 Å². The molecule has 0 aliphatic carbocycles. The van der Waals surface area contributed by atoms with Crippen molar-refractivity contribution in [2.45, 2.75) is 6.23 Å². The van der Waals surface area contributed by atoms with Crippen molar-refractivity contribution in [2.75, 3.05) is 0 Å². The van der Waals surface area contributed by atoms with E-state index in [2.05, 4.69) is 0 Å². The van der Waals surface area contributed by atoms with E-state index in [1.54, 1.807) is 6.07 Å². The molecule has 0 aromatic heterocycles. The minimum Gasteiger partial charge on any atom is -0.464 e. The highest BCUT2D eigenvalue weighted by Gasteiger charge is 2.32.